The lowest BCUT2D eigenvalue weighted by atomic mass is 10.1. The van der Waals surface area contributed by atoms with Crippen LogP contribution in [0.5, 0.6) is 5.75 Å². The fourth-order valence-electron chi connectivity index (χ4n) is 1.71. The molecule has 0 aliphatic heterocycles. The molecule has 1 aromatic carbocycles. The molecular formula is C14H17N3O2S. The average molecular weight is 291 g/mol. The Morgan fingerprint density at radius 2 is 2.25 bits per heavy atom. The van der Waals surface area contributed by atoms with Crippen LogP contribution in [-0.4, -0.2) is 23.2 Å². The minimum Gasteiger partial charge on any atom is -0.497 e. The summed E-state index contributed by atoms with van der Waals surface area (Å²) in [6.07, 6.45) is 1.91. The standard InChI is InChI=1S/C14H17N3O2S/c1-3-13-16-17-14(20-13)15-12(18)8-7-10-5-4-6-11(9-10)19-2/h4-6,9H,3,7-8H2,1-2H3,(H,15,17,18). The summed E-state index contributed by atoms with van der Waals surface area (Å²) in [5.74, 6) is 0.756. The fourth-order valence-corrected chi connectivity index (χ4v) is 2.41. The van der Waals surface area contributed by atoms with Gasteiger partial charge in [0, 0.05) is 6.42 Å². The number of hydrogen-bond donors (Lipinski definition) is 1. The number of amides is 1. The largest absolute Gasteiger partial charge is 0.497 e. The highest BCUT2D eigenvalue weighted by Gasteiger charge is 2.07. The molecule has 1 aromatic heterocycles. The number of methoxy groups -OCH3 is 1. The number of nitrogens with zero attached hydrogens (tertiary/aromatic N) is 2. The zero-order valence-corrected chi connectivity index (χ0v) is 12.4. The maximum atomic E-state index is 11.8. The molecule has 0 spiro atoms. The van der Waals surface area contributed by atoms with E-state index in [1.165, 1.54) is 11.3 Å². The maximum absolute atomic E-state index is 11.8. The third-order valence-corrected chi connectivity index (χ3v) is 3.77. The van der Waals surface area contributed by atoms with E-state index in [9.17, 15) is 4.79 Å². The van der Waals surface area contributed by atoms with E-state index in [1.807, 2.05) is 31.2 Å². The van der Waals surface area contributed by atoms with Crippen molar-refractivity contribution < 1.29 is 9.53 Å². The molecular weight excluding hydrogens is 274 g/mol. The van der Waals surface area contributed by atoms with Crippen LogP contribution in [0.15, 0.2) is 24.3 Å². The van der Waals surface area contributed by atoms with Crippen molar-refractivity contribution in [2.45, 2.75) is 26.2 Å². The number of ether oxygens (including phenoxy) is 1. The zero-order chi connectivity index (χ0) is 14.4. The van der Waals surface area contributed by atoms with Crippen molar-refractivity contribution in [3.8, 4) is 5.75 Å². The summed E-state index contributed by atoms with van der Waals surface area (Å²) in [5, 5.41) is 12.2. The molecule has 1 N–H and O–H groups in total. The first-order valence-electron chi connectivity index (χ1n) is 6.46. The van der Waals surface area contributed by atoms with Gasteiger partial charge in [-0.15, -0.1) is 10.2 Å². The van der Waals surface area contributed by atoms with E-state index < -0.39 is 0 Å². The van der Waals surface area contributed by atoms with Crippen LogP contribution in [-0.2, 0) is 17.6 Å². The molecule has 0 aliphatic rings. The predicted molar refractivity (Wildman–Crippen MR) is 79.2 cm³/mol. The second-order valence-electron chi connectivity index (χ2n) is 4.25. The molecule has 0 bridgehead atoms. The van der Waals surface area contributed by atoms with Crippen molar-refractivity contribution in [2.75, 3.05) is 12.4 Å². The van der Waals surface area contributed by atoms with E-state index in [1.54, 1.807) is 7.11 Å². The van der Waals surface area contributed by atoms with Gasteiger partial charge in [-0.2, -0.15) is 0 Å². The average Bonchev–Trinajstić information content (AvgIpc) is 2.93. The molecule has 1 heterocycles. The zero-order valence-electron chi connectivity index (χ0n) is 11.5. The van der Waals surface area contributed by atoms with Gasteiger partial charge in [-0.3, -0.25) is 4.79 Å². The smallest absolute Gasteiger partial charge is 0.226 e. The molecule has 0 unspecified atom stereocenters. The second-order valence-corrected chi connectivity index (χ2v) is 5.32. The molecule has 1 amide bonds. The van der Waals surface area contributed by atoms with Crippen LogP contribution in [0.2, 0.25) is 0 Å². The molecule has 0 atom stereocenters. The van der Waals surface area contributed by atoms with Crippen molar-refractivity contribution >= 4 is 22.4 Å². The number of anilines is 1. The van der Waals surface area contributed by atoms with E-state index in [-0.39, 0.29) is 5.91 Å². The molecule has 6 heteroatoms. The summed E-state index contributed by atoms with van der Waals surface area (Å²) in [6, 6.07) is 7.73. The summed E-state index contributed by atoms with van der Waals surface area (Å²) in [6.45, 7) is 2.01. The van der Waals surface area contributed by atoms with Crippen molar-refractivity contribution in [3.63, 3.8) is 0 Å². The maximum Gasteiger partial charge on any atom is 0.226 e. The van der Waals surface area contributed by atoms with E-state index in [4.69, 9.17) is 4.74 Å². The summed E-state index contributed by atoms with van der Waals surface area (Å²) in [5.41, 5.74) is 1.08. The lowest BCUT2D eigenvalue weighted by molar-refractivity contribution is -0.116. The van der Waals surface area contributed by atoms with Crippen molar-refractivity contribution in [3.05, 3.63) is 34.8 Å². The van der Waals surface area contributed by atoms with Gasteiger partial charge in [0.25, 0.3) is 0 Å². The Morgan fingerprint density at radius 1 is 1.40 bits per heavy atom. The second kappa shape index (κ2) is 7.00. The highest BCUT2D eigenvalue weighted by Crippen LogP contribution is 2.17. The summed E-state index contributed by atoms with van der Waals surface area (Å²) >= 11 is 1.41. The molecule has 0 saturated carbocycles. The van der Waals surface area contributed by atoms with Gasteiger partial charge in [0.05, 0.1) is 7.11 Å². The lowest BCUT2D eigenvalue weighted by Crippen LogP contribution is -2.12. The van der Waals surface area contributed by atoms with Gasteiger partial charge in [-0.1, -0.05) is 30.4 Å². The molecule has 0 radical (unpaired) electrons. The van der Waals surface area contributed by atoms with Crippen molar-refractivity contribution in [1.29, 1.82) is 0 Å². The minimum atomic E-state index is -0.0494. The number of aryl methyl sites for hydroxylation is 2. The van der Waals surface area contributed by atoms with Crippen LogP contribution < -0.4 is 10.1 Å². The lowest BCUT2D eigenvalue weighted by Gasteiger charge is -2.04. The van der Waals surface area contributed by atoms with Gasteiger partial charge in [-0.05, 0) is 30.5 Å². The molecule has 0 saturated heterocycles. The molecule has 2 rings (SSSR count). The van der Waals surface area contributed by atoms with Crippen LogP contribution in [0.1, 0.15) is 23.9 Å². The quantitative estimate of drug-likeness (QED) is 0.888. The predicted octanol–water partition coefficient (Wildman–Crippen LogP) is 2.68. The molecule has 5 nitrogen and oxygen atoms in total. The third-order valence-electron chi connectivity index (χ3n) is 2.79. The van der Waals surface area contributed by atoms with E-state index in [0.29, 0.717) is 18.0 Å². The van der Waals surface area contributed by atoms with Gasteiger partial charge in [-0.25, -0.2) is 0 Å². The Labute approximate surface area is 122 Å². The van der Waals surface area contributed by atoms with E-state index in [2.05, 4.69) is 15.5 Å². The van der Waals surface area contributed by atoms with Gasteiger partial charge < -0.3 is 10.1 Å². The summed E-state index contributed by atoms with van der Waals surface area (Å²) in [4.78, 5) is 11.8. The first-order valence-corrected chi connectivity index (χ1v) is 7.28. The molecule has 20 heavy (non-hydrogen) atoms. The van der Waals surface area contributed by atoms with E-state index >= 15 is 0 Å². The van der Waals surface area contributed by atoms with Gasteiger partial charge in [0.2, 0.25) is 11.0 Å². The van der Waals surface area contributed by atoms with Crippen LogP contribution in [0.25, 0.3) is 0 Å². The fraction of sp³-hybridized carbons (Fsp3) is 0.357. The molecule has 0 aliphatic carbocycles. The van der Waals surface area contributed by atoms with Crippen LogP contribution in [0.3, 0.4) is 0 Å². The molecule has 106 valence electrons. The highest BCUT2D eigenvalue weighted by molar-refractivity contribution is 7.15. The first-order chi connectivity index (χ1) is 9.71. The Hall–Kier alpha value is -1.95. The van der Waals surface area contributed by atoms with Crippen LogP contribution in [0, 0.1) is 0 Å². The van der Waals surface area contributed by atoms with Crippen LogP contribution >= 0.6 is 11.3 Å². The van der Waals surface area contributed by atoms with E-state index in [0.717, 1.165) is 22.7 Å². The highest BCUT2D eigenvalue weighted by atomic mass is 32.1. The number of hydrogen-bond acceptors (Lipinski definition) is 5. The first kappa shape index (κ1) is 14.5. The van der Waals surface area contributed by atoms with Crippen molar-refractivity contribution in [1.82, 2.24) is 10.2 Å². The Morgan fingerprint density at radius 3 is 2.95 bits per heavy atom. The van der Waals surface area contributed by atoms with Crippen molar-refractivity contribution in [2.24, 2.45) is 0 Å². The van der Waals surface area contributed by atoms with Gasteiger partial charge in [0.15, 0.2) is 0 Å². The summed E-state index contributed by atoms with van der Waals surface area (Å²) < 4.78 is 5.16. The number of nitrogens with one attached hydrogen (secondary N) is 1. The van der Waals surface area contributed by atoms with Gasteiger partial charge in [0.1, 0.15) is 10.8 Å². The number of carbonyl (C=O) groups excluding carboxylic acids is 1. The summed E-state index contributed by atoms with van der Waals surface area (Å²) in [7, 11) is 1.63. The topological polar surface area (TPSA) is 64.1 Å². The monoisotopic (exact) mass is 291 g/mol. The number of aromatic nitrogens is 2. The SMILES string of the molecule is CCc1nnc(NC(=O)CCc2cccc(OC)c2)s1. The Bertz CT molecular complexity index is 583. The van der Waals surface area contributed by atoms with Crippen LogP contribution in [0.4, 0.5) is 5.13 Å². The third kappa shape index (κ3) is 4.03. The minimum absolute atomic E-state index is 0.0494. The Kier molecular flexibility index (Phi) is 5.06. The number of benzene rings is 1. The number of rotatable bonds is 6. The van der Waals surface area contributed by atoms with Gasteiger partial charge >= 0.3 is 0 Å². The number of carbonyl (C=O) groups is 1. The molecule has 2 aromatic rings. The Balaban J connectivity index is 1.85. The molecule has 0 fully saturated rings. The normalized spacial score (nSPS) is 10.3.